The van der Waals surface area contributed by atoms with Crippen molar-refractivity contribution in [2.24, 2.45) is 0 Å². The molecule has 8 heteroatoms. The van der Waals surface area contributed by atoms with E-state index in [1.165, 1.54) is 28.7 Å². The first kappa shape index (κ1) is 20.5. The molecule has 1 aromatic carbocycles. The van der Waals surface area contributed by atoms with Gasteiger partial charge in [0.2, 0.25) is 15.8 Å². The summed E-state index contributed by atoms with van der Waals surface area (Å²) in [5, 5.41) is 0.383. The van der Waals surface area contributed by atoms with Crippen molar-refractivity contribution in [1.82, 2.24) is 9.29 Å². The number of carbonyl (C=O) groups excluding carboxylic acids is 1. The van der Waals surface area contributed by atoms with Crippen LogP contribution >= 0.6 is 11.6 Å². The maximum absolute atomic E-state index is 12.6. The minimum atomic E-state index is -3.58. The molecule has 140 valence electrons. The molecular weight excluding hydrogens is 376 g/mol. The van der Waals surface area contributed by atoms with E-state index in [1.807, 2.05) is 0 Å². The highest BCUT2D eigenvalue weighted by atomic mass is 35.5. The van der Waals surface area contributed by atoms with Crippen molar-refractivity contribution in [1.29, 1.82) is 0 Å². The molecule has 0 aliphatic rings. The maximum atomic E-state index is 12.6. The van der Waals surface area contributed by atoms with Crippen molar-refractivity contribution in [3.63, 3.8) is 0 Å². The molecule has 2 rings (SSSR count). The van der Waals surface area contributed by atoms with Crippen LogP contribution in [0.15, 0.2) is 47.5 Å². The first-order valence-electron chi connectivity index (χ1n) is 8.20. The molecule has 0 aliphatic carbocycles. The Morgan fingerprint density at radius 2 is 1.92 bits per heavy atom. The highest BCUT2D eigenvalue weighted by Gasteiger charge is 2.22. The zero-order valence-electron chi connectivity index (χ0n) is 14.7. The first-order chi connectivity index (χ1) is 12.4. The molecular formula is C18H21ClN2O4S. The number of Topliss-reactive ketones (excluding diaryl/α,β-unsaturated/α-hetero) is 1. The van der Waals surface area contributed by atoms with Gasteiger partial charge in [-0.2, -0.15) is 4.31 Å². The molecule has 0 saturated carbocycles. The van der Waals surface area contributed by atoms with Gasteiger partial charge in [-0.3, -0.25) is 9.78 Å². The maximum Gasteiger partial charge on any atom is 0.243 e. The molecule has 0 spiro atoms. The molecule has 6 nitrogen and oxygen atoms in total. The standard InChI is InChI=1S/C18H21ClN2O4S/c1-3-21(4-2)26(23,24)15-8-9-16(19)14(11-15)12-25-13-18(22)17-7-5-6-10-20-17/h5-11H,3-4,12-13H2,1-2H3. The fourth-order valence-corrected chi connectivity index (χ4v) is 4.07. The van der Waals surface area contributed by atoms with Crippen LogP contribution in [0.5, 0.6) is 0 Å². The molecule has 0 fully saturated rings. The van der Waals surface area contributed by atoms with Gasteiger partial charge in [0.25, 0.3) is 0 Å². The van der Waals surface area contributed by atoms with Crippen LogP contribution in [0.4, 0.5) is 0 Å². The van der Waals surface area contributed by atoms with Gasteiger partial charge in [0.15, 0.2) is 0 Å². The average molecular weight is 397 g/mol. The molecule has 0 bridgehead atoms. The van der Waals surface area contributed by atoms with Gasteiger partial charge >= 0.3 is 0 Å². The van der Waals surface area contributed by atoms with Gasteiger partial charge in [-0.1, -0.05) is 31.5 Å². The van der Waals surface area contributed by atoms with E-state index in [0.29, 0.717) is 29.4 Å². The third-order valence-electron chi connectivity index (χ3n) is 3.80. The van der Waals surface area contributed by atoms with Crippen LogP contribution in [-0.4, -0.2) is 43.2 Å². The van der Waals surface area contributed by atoms with Gasteiger partial charge in [0.1, 0.15) is 12.3 Å². The summed E-state index contributed by atoms with van der Waals surface area (Å²) < 4.78 is 32.0. The SMILES string of the molecule is CCN(CC)S(=O)(=O)c1ccc(Cl)c(COCC(=O)c2ccccn2)c1. The lowest BCUT2D eigenvalue weighted by Gasteiger charge is -2.19. The summed E-state index contributed by atoms with van der Waals surface area (Å²) in [4.78, 5) is 16.1. The van der Waals surface area contributed by atoms with E-state index < -0.39 is 10.0 Å². The number of rotatable bonds is 9. The van der Waals surface area contributed by atoms with E-state index in [2.05, 4.69) is 4.98 Å². The minimum Gasteiger partial charge on any atom is -0.368 e. The summed E-state index contributed by atoms with van der Waals surface area (Å²) in [5.74, 6) is -0.256. The van der Waals surface area contributed by atoms with Crippen molar-refractivity contribution < 1.29 is 17.9 Å². The van der Waals surface area contributed by atoms with Crippen LogP contribution in [0.25, 0.3) is 0 Å². The number of ketones is 1. The van der Waals surface area contributed by atoms with Crippen molar-refractivity contribution in [2.75, 3.05) is 19.7 Å². The van der Waals surface area contributed by atoms with Gasteiger partial charge in [-0.25, -0.2) is 8.42 Å². The lowest BCUT2D eigenvalue weighted by molar-refractivity contribution is 0.0721. The van der Waals surface area contributed by atoms with Crippen LogP contribution in [0.2, 0.25) is 5.02 Å². The largest absolute Gasteiger partial charge is 0.368 e. The predicted molar refractivity (Wildman–Crippen MR) is 99.8 cm³/mol. The predicted octanol–water partition coefficient (Wildman–Crippen LogP) is 3.17. The summed E-state index contributed by atoms with van der Waals surface area (Å²) in [6, 6.07) is 9.53. The number of ether oxygens (including phenoxy) is 1. The quantitative estimate of drug-likeness (QED) is 0.608. The minimum absolute atomic E-state index is 0.0268. The van der Waals surface area contributed by atoms with Gasteiger partial charge in [0, 0.05) is 24.3 Å². The topological polar surface area (TPSA) is 76.6 Å². The van der Waals surface area contributed by atoms with E-state index in [4.69, 9.17) is 16.3 Å². The van der Waals surface area contributed by atoms with Crippen LogP contribution in [0, 0.1) is 0 Å². The number of aromatic nitrogens is 1. The number of pyridine rings is 1. The van der Waals surface area contributed by atoms with E-state index in [9.17, 15) is 13.2 Å². The highest BCUT2D eigenvalue weighted by molar-refractivity contribution is 7.89. The number of sulfonamides is 1. The molecule has 0 radical (unpaired) electrons. The molecule has 1 heterocycles. The van der Waals surface area contributed by atoms with Crippen LogP contribution in [0.3, 0.4) is 0 Å². The van der Waals surface area contributed by atoms with Crippen LogP contribution < -0.4 is 0 Å². The molecule has 0 amide bonds. The van der Waals surface area contributed by atoms with Crippen molar-refractivity contribution in [3.8, 4) is 0 Å². The normalized spacial score (nSPS) is 11.7. The molecule has 0 unspecified atom stereocenters. The van der Waals surface area contributed by atoms with Crippen molar-refractivity contribution in [3.05, 3.63) is 58.9 Å². The van der Waals surface area contributed by atoms with Crippen molar-refractivity contribution >= 4 is 27.4 Å². The molecule has 0 saturated heterocycles. The zero-order chi connectivity index (χ0) is 19.2. The fourth-order valence-electron chi connectivity index (χ4n) is 2.39. The Labute approximate surface area is 158 Å². The van der Waals surface area contributed by atoms with Gasteiger partial charge in [0.05, 0.1) is 11.5 Å². The summed E-state index contributed by atoms with van der Waals surface area (Å²) in [6.07, 6.45) is 1.53. The Morgan fingerprint density at radius 3 is 2.54 bits per heavy atom. The Hall–Kier alpha value is -1.80. The Balaban J connectivity index is 2.09. The van der Waals surface area contributed by atoms with Gasteiger partial charge in [-0.05, 0) is 35.9 Å². The smallest absolute Gasteiger partial charge is 0.243 e. The first-order valence-corrected chi connectivity index (χ1v) is 10.0. The van der Waals surface area contributed by atoms with E-state index in [1.54, 1.807) is 32.0 Å². The average Bonchev–Trinajstić information content (AvgIpc) is 2.64. The number of carbonyl (C=O) groups is 1. The molecule has 0 atom stereocenters. The van der Waals surface area contributed by atoms with E-state index >= 15 is 0 Å². The third-order valence-corrected chi connectivity index (χ3v) is 6.22. The van der Waals surface area contributed by atoms with E-state index in [0.717, 1.165) is 0 Å². The monoisotopic (exact) mass is 396 g/mol. The summed E-state index contributed by atoms with van der Waals surface area (Å²) in [6.45, 7) is 4.19. The number of benzene rings is 1. The molecule has 0 N–H and O–H groups in total. The summed E-state index contributed by atoms with van der Waals surface area (Å²) in [5.41, 5.74) is 0.824. The fraction of sp³-hybridized carbons (Fsp3) is 0.333. The van der Waals surface area contributed by atoms with Crippen LogP contribution in [0.1, 0.15) is 29.9 Å². The lowest BCUT2D eigenvalue weighted by atomic mass is 10.2. The third kappa shape index (κ3) is 4.88. The Bertz CT molecular complexity index is 853. The van der Waals surface area contributed by atoms with Crippen LogP contribution in [-0.2, 0) is 21.4 Å². The Morgan fingerprint density at radius 1 is 1.19 bits per heavy atom. The highest BCUT2D eigenvalue weighted by Crippen LogP contribution is 2.23. The second-order valence-electron chi connectivity index (χ2n) is 5.47. The van der Waals surface area contributed by atoms with E-state index in [-0.39, 0.29) is 23.9 Å². The summed E-state index contributed by atoms with van der Waals surface area (Å²) >= 11 is 6.14. The second kappa shape index (κ2) is 9.23. The molecule has 2 aromatic rings. The Kier molecular flexibility index (Phi) is 7.28. The number of nitrogens with zero attached hydrogens (tertiary/aromatic N) is 2. The number of halogens is 1. The molecule has 1 aromatic heterocycles. The number of hydrogen-bond acceptors (Lipinski definition) is 5. The van der Waals surface area contributed by atoms with Gasteiger partial charge < -0.3 is 4.74 Å². The lowest BCUT2D eigenvalue weighted by Crippen LogP contribution is -2.30. The second-order valence-corrected chi connectivity index (χ2v) is 7.82. The summed E-state index contributed by atoms with van der Waals surface area (Å²) in [7, 11) is -3.58. The zero-order valence-corrected chi connectivity index (χ0v) is 16.3. The molecule has 0 aliphatic heterocycles. The van der Waals surface area contributed by atoms with Crippen molar-refractivity contribution in [2.45, 2.75) is 25.3 Å². The van der Waals surface area contributed by atoms with Gasteiger partial charge in [-0.15, -0.1) is 0 Å². The molecule has 26 heavy (non-hydrogen) atoms. The number of hydrogen-bond donors (Lipinski definition) is 0.